The third-order valence-corrected chi connectivity index (χ3v) is 4.65. The molecule has 1 aromatic rings. The molecule has 1 atom stereocenters. The van der Waals surface area contributed by atoms with E-state index in [4.69, 9.17) is 9.47 Å². The molecule has 2 N–H and O–H groups in total. The molecule has 0 saturated carbocycles. The molecule has 2 rings (SSSR count). The SMILES string of the molecule is CCOC(=O)C(O)Cc1ccc(OCCCCC2CCNCC2)cc1. The summed E-state index contributed by atoms with van der Waals surface area (Å²) in [6.45, 7) is 5.07. The average Bonchev–Trinajstić information content (AvgIpc) is 2.64. The van der Waals surface area contributed by atoms with Gasteiger partial charge in [0.05, 0.1) is 13.2 Å². The summed E-state index contributed by atoms with van der Waals surface area (Å²) in [4.78, 5) is 11.4. The van der Waals surface area contributed by atoms with E-state index in [0.29, 0.717) is 0 Å². The first-order valence-electron chi connectivity index (χ1n) is 9.46. The van der Waals surface area contributed by atoms with Crippen LogP contribution in [0.1, 0.15) is 44.6 Å². The van der Waals surface area contributed by atoms with Gasteiger partial charge < -0.3 is 19.9 Å². The number of piperidine rings is 1. The number of ether oxygens (including phenoxy) is 2. The first kappa shape index (κ1) is 19.7. The average molecular weight is 349 g/mol. The summed E-state index contributed by atoms with van der Waals surface area (Å²) >= 11 is 0. The molecule has 0 amide bonds. The molecule has 1 heterocycles. The number of carbonyl (C=O) groups is 1. The van der Waals surface area contributed by atoms with Gasteiger partial charge in [-0.15, -0.1) is 0 Å². The number of benzene rings is 1. The minimum absolute atomic E-state index is 0.259. The maximum absolute atomic E-state index is 11.4. The van der Waals surface area contributed by atoms with E-state index in [0.717, 1.165) is 30.3 Å². The highest BCUT2D eigenvalue weighted by Crippen LogP contribution is 2.19. The lowest BCUT2D eigenvalue weighted by Gasteiger charge is -2.22. The molecule has 25 heavy (non-hydrogen) atoms. The number of carbonyl (C=O) groups excluding carboxylic acids is 1. The minimum Gasteiger partial charge on any atom is -0.494 e. The number of aliphatic hydroxyl groups excluding tert-OH is 1. The Hall–Kier alpha value is -1.59. The van der Waals surface area contributed by atoms with Gasteiger partial charge in [0.2, 0.25) is 0 Å². The zero-order valence-corrected chi connectivity index (χ0v) is 15.2. The van der Waals surface area contributed by atoms with E-state index in [9.17, 15) is 9.90 Å². The van der Waals surface area contributed by atoms with Crippen LogP contribution in [0.15, 0.2) is 24.3 Å². The van der Waals surface area contributed by atoms with Crippen molar-refractivity contribution in [3.05, 3.63) is 29.8 Å². The summed E-state index contributed by atoms with van der Waals surface area (Å²) in [6.07, 6.45) is 5.36. The molecule has 1 unspecified atom stereocenters. The number of hydrogen-bond acceptors (Lipinski definition) is 5. The van der Waals surface area contributed by atoms with Crippen molar-refractivity contribution in [2.24, 2.45) is 5.92 Å². The summed E-state index contributed by atoms with van der Waals surface area (Å²) in [6, 6.07) is 7.54. The van der Waals surface area contributed by atoms with Gasteiger partial charge in [0, 0.05) is 6.42 Å². The highest BCUT2D eigenvalue weighted by molar-refractivity contribution is 5.74. The number of esters is 1. The molecule has 1 fully saturated rings. The van der Waals surface area contributed by atoms with Crippen molar-refractivity contribution in [3.63, 3.8) is 0 Å². The van der Waals surface area contributed by atoms with Crippen molar-refractivity contribution in [1.82, 2.24) is 5.32 Å². The topological polar surface area (TPSA) is 67.8 Å². The Bertz CT molecular complexity index is 497. The number of aliphatic hydroxyl groups is 1. The van der Waals surface area contributed by atoms with E-state index in [-0.39, 0.29) is 13.0 Å². The van der Waals surface area contributed by atoms with Gasteiger partial charge in [-0.05, 0) is 69.3 Å². The van der Waals surface area contributed by atoms with Crippen LogP contribution in [0.2, 0.25) is 0 Å². The van der Waals surface area contributed by atoms with Crippen LogP contribution >= 0.6 is 0 Å². The highest BCUT2D eigenvalue weighted by atomic mass is 16.5. The Kier molecular flexibility index (Phi) is 8.77. The van der Waals surface area contributed by atoms with Crippen molar-refractivity contribution in [2.45, 2.75) is 51.6 Å². The lowest BCUT2D eigenvalue weighted by atomic mass is 9.93. The minimum atomic E-state index is -1.11. The molecular formula is C20H31NO4. The lowest BCUT2D eigenvalue weighted by molar-refractivity contribution is -0.152. The van der Waals surface area contributed by atoms with E-state index in [1.165, 1.54) is 38.8 Å². The van der Waals surface area contributed by atoms with Crippen molar-refractivity contribution < 1.29 is 19.4 Å². The smallest absolute Gasteiger partial charge is 0.335 e. The number of nitrogens with one attached hydrogen (secondary N) is 1. The number of unbranched alkanes of at least 4 members (excludes halogenated alkanes) is 1. The van der Waals surface area contributed by atoms with Crippen LogP contribution in [-0.4, -0.2) is 43.5 Å². The van der Waals surface area contributed by atoms with Crippen molar-refractivity contribution >= 4 is 5.97 Å². The second-order valence-electron chi connectivity index (χ2n) is 6.65. The first-order valence-corrected chi connectivity index (χ1v) is 9.46. The third-order valence-electron chi connectivity index (χ3n) is 4.65. The monoisotopic (exact) mass is 349 g/mol. The fourth-order valence-corrected chi connectivity index (χ4v) is 3.16. The maximum Gasteiger partial charge on any atom is 0.335 e. The predicted octanol–water partition coefficient (Wildman–Crippen LogP) is 2.70. The molecule has 1 aliphatic rings. The molecule has 0 bridgehead atoms. The van der Waals surface area contributed by atoms with Gasteiger partial charge in [0.1, 0.15) is 5.75 Å². The Morgan fingerprint density at radius 2 is 1.96 bits per heavy atom. The van der Waals surface area contributed by atoms with E-state index >= 15 is 0 Å². The normalized spacial score (nSPS) is 16.4. The van der Waals surface area contributed by atoms with E-state index < -0.39 is 12.1 Å². The zero-order chi connectivity index (χ0) is 17.9. The predicted molar refractivity (Wildman–Crippen MR) is 97.7 cm³/mol. The van der Waals surface area contributed by atoms with Crippen molar-refractivity contribution in [3.8, 4) is 5.75 Å². The van der Waals surface area contributed by atoms with Gasteiger partial charge in [0.25, 0.3) is 0 Å². The zero-order valence-electron chi connectivity index (χ0n) is 15.2. The molecule has 5 nitrogen and oxygen atoms in total. The molecule has 5 heteroatoms. The Morgan fingerprint density at radius 3 is 2.64 bits per heavy atom. The van der Waals surface area contributed by atoms with E-state index in [1.807, 2.05) is 24.3 Å². The number of hydrogen-bond donors (Lipinski definition) is 2. The molecule has 1 saturated heterocycles. The fourth-order valence-electron chi connectivity index (χ4n) is 3.16. The van der Waals surface area contributed by atoms with Gasteiger partial charge >= 0.3 is 5.97 Å². The van der Waals surface area contributed by atoms with Gasteiger partial charge in [-0.3, -0.25) is 0 Å². The molecule has 0 aliphatic carbocycles. The van der Waals surface area contributed by atoms with Gasteiger partial charge in [-0.1, -0.05) is 18.6 Å². The Labute approximate surface area is 150 Å². The summed E-state index contributed by atoms with van der Waals surface area (Å²) in [5.74, 6) is 1.14. The van der Waals surface area contributed by atoms with Crippen LogP contribution in [0.3, 0.4) is 0 Å². The molecule has 140 valence electrons. The largest absolute Gasteiger partial charge is 0.494 e. The van der Waals surface area contributed by atoms with Crippen LogP contribution in [0.5, 0.6) is 5.75 Å². The van der Waals surface area contributed by atoms with E-state index in [2.05, 4.69) is 5.32 Å². The van der Waals surface area contributed by atoms with Crippen LogP contribution in [0.4, 0.5) is 0 Å². The first-order chi connectivity index (χ1) is 12.2. The van der Waals surface area contributed by atoms with Crippen molar-refractivity contribution in [1.29, 1.82) is 0 Å². The Morgan fingerprint density at radius 1 is 1.24 bits per heavy atom. The quantitative estimate of drug-likeness (QED) is 0.502. The second kappa shape index (κ2) is 11.1. The Balaban J connectivity index is 1.62. The third kappa shape index (κ3) is 7.45. The summed E-state index contributed by atoms with van der Waals surface area (Å²) in [5.41, 5.74) is 0.888. The fraction of sp³-hybridized carbons (Fsp3) is 0.650. The van der Waals surface area contributed by atoms with Crippen LogP contribution in [-0.2, 0) is 16.0 Å². The van der Waals surface area contributed by atoms with Crippen molar-refractivity contribution in [2.75, 3.05) is 26.3 Å². The molecule has 0 radical (unpaired) electrons. The molecular weight excluding hydrogens is 318 g/mol. The van der Waals surface area contributed by atoms with Crippen LogP contribution in [0.25, 0.3) is 0 Å². The molecule has 1 aliphatic heterocycles. The summed E-state index contributed by atoms with van der Waals surface area (Å²) in [7, 11) is 0. The van der Waals surface area contributed by atoms with Gasteiger partial charge in [-0.2, -0.15) is 0 Å². The molecule has 0 spiro atoms. The van der Waals surface area contributed by atoms with Gasteiger partial charge in [0.15, 0.2) is 6.10 Å². The number of rotatable bonds is 10. The van der Waals surface area contributed by atoms with Crippen LogP contribution in [0, 0.1) is 5.92 Å². The second-order valence-corrected chi connectivity index (χ2v) is 6.65. The van der Waals surface area contributed by atoms with E-state index in [1.54, 1.807) is 6.92 Å². The lowest BCUT2D eigenvalue weighted by Crippen LogP contribution is -2.27. The maximum atomic E-state index is 11.4. The van der Waals surface area contributed by atoms with Crippen LogP contribution < -0.4 is 10.1 Å². The summed E-state index contributed by atoms with van der Waals surface area (Å²) < 4.78 is 10.6. The molecule has 0 aromatic heterocycles. The summed E-state index contributed by atoms with van der Waals surface area (Å²) in [5, 5.41) is 13.2. The molecule has 1 aromatic carbocycles. The highest BCUT2D eigenvalue weighted by Gasteiger charge is 2.16. The standard InChI is InChI=1S/C20H31NO4/c1-2-24-20(23)19(22)15-17-6-8-18(9-7-17)25-14-4-3-5-16-10-12-21-13-11-16/h6-9,16,19,21-22H,2-5,10-15H2,1H3. The van der Waals surface area contributed by atoms with Gasteiger partial charge in [-0.25, -0.2) is 4.79 Å².